The summed E-state index contributed by atoms with van der Waals surface area (Å²) in [6.07, 6.45) is 6.39. The molecule has 0 aliphatic heterocycles. The van der Waals surface area contributed by atoms with E-state index in [0.29, 0.717) is 0 Å². The fourth-order valence-electron chi connectivity index (χ4n) is 3.08. The lowest BCUT2D eigenvalue weighted by atomic mass is 9.81. The van der Waals surface area contributed by atoms with E-state index in [9.17, 15) is 4.79 Å². The zero-order chi connectivity index (χ0) is 14.4. The van der Waals surface area contributed by atoms with Crippen molar-refractivity contribution in [3.05, 3.63) is 35.9 Å². The van der Waals surface area contributed by atoms with Gasteiger partial charge < -0.3 is 5.32 Å². The van der Waals surface area contributed by atoms with Crippen LogP contribution in [0.5, 0.6) is 0 Å². The number of hydrogen-bond acceptors (Lipinski definition) is 1. The molecule has 20 heavy (non-hydrogen) atoms. The molecule has 1 saturated carbocycles. The van der Waals surface area contributed by atoms with E-state index in [-0.39, 0.29) is 5.91 Å². The van der Waals surface area contributed by atoms with E-state index in [1.165, 1.54) is 25.7 Å². The van der Waals surface area contributed by atoms with Gasteiger partial charge in [0, 0.05) is 6.54 Å². The predicted octanol–water partition coefficient (Wildman–Crippen LogP) is 4.30. The van der Waals surface area contributed by atoms with Gasteiger partial charge in [0.15, 0.2) is 0 Å². The maximum atomic E-state index is 12.0. The van der Waals surface area contributed by atoms with Crippen LogP contribution in [0, 0.1) is 11.8 Å². The minimum atomic E-state index is -0.582. The first-order chi connectivity index (χ1) is 9.66. The summed E-state index contributed by atoms with van der Waals surface area (Å²) in [5, 5.41) is 2.39. The third-order valence-electron chi connectivity index (χ3n) is 4.22. The van der Waals surface area contributed by atoms with Crippen molar-refractivity contribution >= 4 is 17.5 Å². The molecule has 3 heteroatoms. The van der Waals surface area contributed by atoms with Crippen LogP contribution in [-0.4, -0.2) is 12.5 Å². The van der Waals surface area contributed by atoms with Crippen LogP contribution in [0.25, 0.3) is 0 Å². The molecule has 1 aromatic rings. The first-order valence-electron chi connectivity index (χ1n) is 7.63. The first-order valence-corrected chi connectivity index (χ1v) is 8.07. The van der Waals surface area contributed by atoms with Crippen LogP contribution in [0.15, 0.2) is 30.3 Å². The van der Waals surface area contributed by atoms with Gasteiger partial charge in [-0.2, -0.15) is 0 Å². The summed E-state index contributed by atoms with van der Waals surface area (Å²) in [5.41, 5.74) is 0.859. The summed E-state index contributed by atoms with van der Waals surface area (Å²) in [6.45, 7) is 3.07. The van der Waals surface area contributed by atoms with Crippen LogP contribution in [0.3, 0.4) is 0 Å². The maximum Gasteiger partial charge on any atom is 0.242 e. The average molecular weight is 294 g/mol. The van der Waals surface area contributed by atoms with Crippen LogP contribution in [-0.2, 0) is 4.79 Å². The molecule has 110 valence electrons. The number of benzene rings is 1. The second-order valence-electron chi connectivity index (χ2n) is 5.99. The number of nitrogens with one attached hydrogen (secondary N) is 1. The van der Waals surface area contributed by atoms with Gasteiger partial charge in [-0.25, -0.2) is 0 Å². The lowest BCUT2D eigenvalue weighted by molar-refractivity contribution is -0.120. The molecule has 1 aliphatic rings. The summed E-state index contributed by atoms with van der Waals surface area (Å²) in [4.78, 5) is 12.0. The van der Waals surface area contributed by atoms with Gasteiger partial charge in [0.25, 0.3) is 0 Å². The van der Waals surface area contributed by atoms with Crippen LogP contribution in [0.2, 0.25) is 0 Å². The summed E-state index contributed by atoms with van der Waals surface area (Å²) >= 11 is 6.19. The van der Waals surface area contributed by atoms with Gasteiger partial charge >= 0.3 is 0 Å². The molecule has 2 nitrogen and oxygen atoms in total. The predicted molar refractivity (Wildman–Crippen MR) is 83.8 cm³/mol. The minimum Gasteiger partial charge on any atom is -0.355 e. The molecule has 3 atom stereocenters. The second-order valence-corrected chi connectivity index (χ2v) is 6.43. The van der Waals surface area contributed by atoms with Gasteiger partial charge in [0.1, 0.15) is 5.38 Å². The molecule has 0 aromatic heterocycles. The Kier molecular flexibility index (Phi) is 5.90. The van der Waals surface area contributed by atoms with Crippen molar-refractivity contribution in [1.29, 1.82) is 0 Å². The monoisotopic (exact) mass is 293 g/mol. The van der Waals surface area contributed by atoms with Crippen molar-refractivity contribution in [1.82, 2.24) is 5.32 Å². The maximum absolute atomic E-state index is 12.0. The lowest BCUT2D eigenvalue weighted by Crippen LogP contribution is -2.29. The molecule has 0 radical (unpaired) electrons. The fraction of sp³-hybridized carbons (Fsp3) is 0.588. The molecular formula is C17H24ClNO. The van der Waals surface area contributed by atoms with E-state index in [0.717, 1.165) is 30.4 Å². The highest BCUT2D eigenvalue weighted by Gasteiger charge is 2.20. The number of rotatable bonds is 5. The molecule has 0 heterocycles. The molecule has 1 aromatic carbocycles. The summed E-state index contributed by atoms with van der Waals surface area (Å²) in [5.74, 6) is 1.53. The van der Waals surface area contributed by atoms with Crippen molar-refractivity contribution in [2.75, 3.05) is 6.54 Å². The number of alkyl halides is 1. The summed E-state index contributed by atoms with van der Waals surface area (Å²) < 4.78 is 0. The smallest absolute Gasteiger partial charge is 0.242 e. The van der Waals surface area contributed by atoms with Gasteiger partial charge in [-0.15, -0.1) is 11.6 Å². The van der Waals surface area contributed by atoms with Crippen molar-refractivity contribution in [3.8, 4) is 0 Å². The molecule has 2 rings (SSSR count). The molecule has 0 spiro atoms. The second kappa shape index (κ2) is 7.68. The molecule has 1 aliphatic carbocycles. The molecule has 3 unspecified atom stereocenters. The first kappa shape index (κ1) is 15.4. The van der Waals surface area contributed by atoms with Crippen molar-refractivity contribution in [3.63, 3.8) is 0 Å². The van der Waals surface area contributed by atoms with Crippen molar-refractivity contribution in [2.24, 2.45) is 11.8 Å². The molecule has 0 saturated heterocycles. The van der Waals surface area contributed by atoms with Gasteiger partial charge in [0.2, 0.25) is 5.91 Å². The Labute approximate surface area is 126 Å². The quantitative estimate of drug-likeness (QED) is 0.806. The molecular weight excluding hydrogens is 270 g/mol. The van der Waals surface area contributed by atoms with Gasteiger partial charge in [0.05, 0.1) is 0 Å². The summed E-state index contributed by atoms with van der Waals surface area (Å²) in [7, 11) is 0. The van der Waals surface area contributed by atoms with Crippen molar-refractivity contribution < 1.29 is 4.79 Å². The van der Waals surface area contributed by atoms with Crippen LogP contribution in [0.4, 0.5) is 0 Å². The van der Waals surface area contributed by atoms with Crippen LogP contribution >= 0.6 is 11.6 Å². The third kappa shape index (κ3) is 4.52. The Morgan fingerprint density at radius 3 is 2.80 bits per heavy atom. The Morgan fingerprint density at radius 2 is 2.10 bits per heavy atom. The number of halogens is 1. The number of hydrogen-bond donors (Lipinski definition) is 1. The average Bonchev–Trinajstić information content (AvgIpc) is 2.47. The van der Waals surface area contributed by atoms with E-state index >= 15 is 0 Å². The van der Waals surface area contributed by atoms with E-state index in [1.807, 2.05) is 30.3 Å². The molecule has 1 N–H and O–H groups in total. The van der Waals surface area contributed by atoms with Gasteiger partial charge in [-0.1, -0.05) is 56.5 Å². The Bertz CT molecular complexity index is 420. The van der Waals surface area contributed by atoms with Crippen molar-refractivity contribution in [2.45, 2.75) is 44.4 Å². The highest BCUT2D eigenvalue weighted by Crippen LogP contribution is 2.30. The SMILES string of the molecule is CC1CCCC(CCNC(=O)C(Cl)c2ccccc2)C1. The van der Waals surface area contributed by atoms with Gasteiger partial charge in [-0.05, 0) is 30.2 Å². The Hall–Kier alpha value is -1.02. The molecule has 1 amide bonds. The van der Waals surface area contributed by atoms with E-state index in [2.05, 4.69) is 12.2 Å². The molecule has 0 bridgehead atoms. The van der Waals surface area contributed by atoms with E-state index in [4.69, 9.17) is 11.6 Å². The highest BCUT2D eigenvalue weighted by atomic mass is 35.5. The standard InChI is InChI=1S/C17H24ClNO/c1-13-6-5-7-14(12-13)10-11-19-17(20)16(18)15-8-3-2-4-9-15/h2-4,8-9,13-14,16H,5-7,10-12H2,1H3,(H,19,20). The zero-order valence-electron chi connectivity index (χ0n) is 12.1. The zero-order valence-corrected chi connectivity index (χ0v) is 12.9. The number of amides is 1. The summed E-state index contributed by atoms with van der Waals surface area (Å²) in [6, 6.07) is 9.51. The van der Waals surface area contributed by atoms with E-state index < -0.39 is 5.38 Å². The highest BCUT2D eigenvalue weighted by molar-refractivity contribution is 6.30. The Balaban J connectivity index is 1.72. The van der Waals surface area contributed by atoms with E-state index in [1.54, 1.807) is 0 Å². The lowest BCUT2D eigenvalue weighted by Gasteiger charge is -2.26. The Morgan fingerprint density at radius 1 is 1.35 bits per heavy atom. The van der Waals surface area contributed by atoms with Crippen LogP contribution in [0.1, 0.15) is 50.0 Å². The fourth-order valence-corrected chi connectivity index (χ4v) is 3.31. The molecule has 1 fully saturated rings. The third-order valence-corrected chi connectivity index (χ3v) is 4.67. The topological polar surface area (TPSA) is 29.1 Å². The largest absolute Gasteiger partial charge is 0.355 e. The number of carbonyl (C=O) groups is 1. The normalized spacial score (nSPS) is 24.1. The number of carbonyl (C=O) groups excluding carboxylic acids is 1. The minimum absolute atomic E-state index is 0.0817. The van der Waals surface area contributed by atoms with Crippen LogP contribution < -0.4 is 5.32 Å². The van der Waals surface area contributed by atoms with Gasteiger partial charge in [-0.3, -0.25) is 4.79 Å².